The van der Waals surface area contributed by atoms with Crippen molar-refractivity contribution in [3.05, 3.63) is 68.5 Å². The van der Waals surface area contributed by atoms with Gasteiger partial charge in [-0.25, -0.2) is 4.39 Å². The Labute approximate surface area is 141 Å². The molecule has 0 aromatic heterocycles. The molecule has 0 saturated heterocycles. The smallest absolute Gasteiger partial charge is 0.272 e. The average molecular weight is 348 g/mol. The Hall–Kier alpha value is -2.80. The number of nitro groups is 1. The van der Waals surface area contributed by atoms with Crippen LogP contribution in [0.1, 0.15) is 11.1 Å². The van der Waals surface area contributed by atoms with E-state index in [1.165, 1.54) is 17.0 Å². The van der Waals surface area contributed by atoms with Gasteiger partial charge >= 0.3 is 0 Å². The number of hydrogen-bond donors (Lipinski definition) is 0. The maximum absolute atomic E-state index is 14.4. The number of non-ortho nitro benzene ring substituents is 1. The van der Waals surface area contributed by atoms with Crippen molar-refractivity contribution in [1.29, 1.82) is 0 Å². The summed E-state index contributed by atoms with van der Waals surface area (Å²) in [6.07, 6.45) is 0. The summed E-state index contributed by atoms with van der Waals surface area (Å²) >= 11 is 6.03. The molecule has 122 valence electrons. The molecular weight excluding hydrogens is 337 g/mol. The van der Waals surface area contributed by atoms with Crippen LogP contribution >= 0.6 is 11.6 Å². The van der Waals surface area contributed by atoms with E-state index in [9.17, 15) is 19.3 Å². The third-order valence-corrected chi connectivity index (χ3v) is 3.98. The van der Waals surface area contributed by atoms with Gasteiger partial charge in [-0.15, -0.1) is 0 Å². The van der Waals surface area contributed by atoms with Gasteiger partial charge in [0.05, 0.1) is 22.4 Å². The Bertz CT molecular complexity index is 898. The number of amides is 1. The first-order valence-corrected chi connectivity index (χ1v) is 7.31. The Morgan fingerprint density at radius 2 is 2.00 bits per heavy atom. The molecule has 2 aromatic carbocycles. The van der Waals surface area contributed by atoms with E-state index in [0.717, 1.165) is 6.07 Å². The first-order valence-electron chi connectivity index (χ1n) is 6.93. The highest BCUT2D eigenvalue weighted by molar-refractivity contribution is 6.32. The minimum atomic E-state index is -0.786. The lowest BCUT2D eigenvalue weighted by molar-refractivity contribution is -0.385. The number of halogens is 2. The summed E-state index contributed by atoms with van der Waals surface area (Å²) in [7, 11) is 1.60. The zero-order valence-corrected chi connectivity index (χ0v) is 13.2. The van der Waals surface area contributed by atoms with E-state index in [4.69, 9.17) is 11.6 Å². The minimum absolute atomic E-state index is 0.0761. The zero-order valence-electron chi connectivity index (χ0n) is 12.5. The molecule has 0 N–H and O–H groups in total. The Balaban J connectivity index is 2.21. The van der Waals surface area contributed by atoms with Gasteiger partial charge < -0.3 is 4.90 Å². The molecule has 0 radical (unpaired) electrons. The van der Waals surface area contributed by atoms with E-state index in [-0.39, 0.29) is 29.4 Å². The van der Waals surface area contributed by atoms with Gasteiger partial charge in [0.2, 0.25) is 5.91 Å². The van der Waals surface area contributed by atoms with Crippen LogP contribution in [-0.4, -0.2) is 30.1 Å². The van der Waals surface area contributed by atoms with Gasteiger partial charge in [0, 0.05) is 29.3 Å². The van der Waals surface area contributed by atoms with E-state index >= 15 is 0 Å². The number of likely N-dealkylation sites (N-methyl/N-ethyl adjacent to an activating group) is 1. The summed E-state index contributed by atoms with van der Waals surface area (Å²) in [6, 6.07) is 8.18. The molecule has 1 aliphatic rings. The quantitative estimate of drug-likeness (QED) is 0.618. The molecule has 0 spiro atoms. The van der Waals surface area contributed by atoms with Crippen LogP contribution in [-0.2, 0) is 4.79 Å². The first kappa shape index (κ1) is 16.1. The highest BCUT2D eigenvalue weighted by Gasteiger charge is 2.25. The van der Waals surface area contributed by atoms with Crippen molar-refractivity contribution in [2.75, 3.05) is 18.5 Å². The van der Waals surface area contributed by atoms with Crippen molar-refractivity contribution in [2.45, 2.75) is 0 Å². The molecule has 0 fully saturated rings. The van der Waals surface area contributed by atoms with E-state index in [1.54, 1.807) is 25.2 Å². The minimum Gasteiger partial charge on any atom is -0.313 e. The number of hydrogen-bond acceptors (Lipinski definition) is 4. The Morgan fingerprint density at radius 1 is 1.25 bits per heavy atom. The first-order chi connectivity index (χ1) is 11.4. The van der Waals surface area contributed by atoms with Crippen LogP contribution in [0.4, 0.5) is 15.8 Å². The van der Waals surface area contributed by atoms with Gasteiger partial charge in [0.15, 0.2) is 0 Å². The lowest BCUT2D eigenvalue weighted by Crippen LogP contribution is -2.27. The molecule has 6 nitrogen and oxygen atoms in total. The number of nitro benzene ring substituents is 1. The summed E-state index contributed by atoms with van der Waals surface area (Å²) < 4.78 is 14.4. The number of carbonyl (C=O) groups is 1. The number of carbonyl (C=O) groups excluding carboxylic acids is 1. The van der Waals surface area contributed by atoms with Crippen molar-refractivity contribution >= 4 is 34.6 Å². The lowest BCUT2D eigenvalue weighted by Gasteiger charge is -2.18. The molecular formula is C16H11ClFN3O3. The second-order valence-electron chi connectivity index (χ2n) is 5.20. The summed E-state index contributed by atoms with van der Waals surface area (Å²) in [5.41, 5.74) is 0.983. The lowest BCUT2D eigenvalue weighted by atomic mass is 9.99. The maximum atomic E-state index is 14.4. The third kappa shape index (κ3) is 2.74. The number of anilines is 1. The SMILES string of the molecule is CN1C(=O)CN=C(c2ccc([N+](=O)[O-])cc2F)c2cc(Cl)ccc21. The summed E-state index contributed by atoms with van der Waals surface area (Å²) in [4.78, 5) is 27.8. The monoisotopic (exact) mass is 347 g/mol. The van der Waals surface area contributed by atoms with E-state index in [1.807, 2.05) is 0 Å². The Morgan fingerprint density at radius 3 is 2.67 bits per heavy atom. The van der Waals surface area contributed by atoms with Crippen LogP contribution in [0.25, 0.3) is 0 Å². The number of benzene rings is 2. The number of rotatable bonds is 2. The predicted molar refractivity (Wildman–Crippen MR) is 88.4 cm³/mol. The molecule has 0 saturated carbocycles. The molecule has 1 heterocycles. The topological polar surface area (TPSA) is 75.8 Å². The molecule has 1 aliphatic heterocycles. The van der Waals surface area contributed by atoms with Crippen molar-refractivity contribution in [1.82, 2.24) is 0 Å². The molecule has 3 rings (SSSR count). The fraction of sp³-hybridized carbons (Fsp3) is 0.125. The van der Waals surface area contributed by atoms with Crippen molar-refractivity contribution in [3.63, 3.8) is 0 Å². The zero-order chi connectivity index (χ0) is 17.4. The molecule has 24 heavy (non-hydrogen) atoms. The third-order valence-electron chi connectivity index (χ3n) is 3.74. The fourth-order valence-corrected chi connectivity index (χ4v) is 2.67. The predicted octanol–water partition coefficient (Wildman–Crippen LogP) is 3.20. The summed E-state index contributed by atoms with van der Waals surface area (Å²) in [5.74, 6) is -1.04. The largest absolute Gasteiger partial charge is 0.313 e. The van der Waals surface area contributed by atoms with Crippen LogP contribution in [0.3, 0.4) is 0 Å². The van der Waals surface area contributed by atoms with Crippen molar-refractivity contribution in [3.8, 4) is 0 Å². The Kier molecular flexibility index (Phi) is 4.02. The van der Waals surface area contributed by atoms with E-state index < -0.39 is 10.7 Å². The second-order valence-corrected chi connectivity index (χ2v) is 5.64. The fourth-order valence-electron chi connectivity index (χ4n) is 2.50. The van der Waals surface area contributed by atoms with Gasteiger partial charge in [-0.2, -0.15) is 0 Å². The molecule has 1 amide bonds. The summed E-state index contributed by atoms with van der Waals surface area (Å²) in [6.45, 7) is -0.158. The number of benzodiazepines with no additional fused rings is 1. The van der Waals surface area contributed by atoms with E-state index in [0.29, 0.717) is 16.3 Å². The highest BCUT2D eigenvalue weighted by atomic mass is 35.5. The highest BCUT2D eigenvalue weighted by Crippen LogP contribution is 2.30. The standard InChI is InChI=1S/C16H11ClFN3O3/c1-20-14-5-2-9(17)6-12(14)16(19-8-15(20)22)11-4-3-10(21(23)24)7-13(11)18/h2-7H,8H2,1H3. The second kappa shape index (κ2) is 6.01. The van der Waals surface area contributed by atoms with Crippen LogP contribution in [0.5, 0.6) is 0 Å². The number of nitrogens with zero attached hydrogens (tertiary/aromatic N) is 3. The van der Waals surface area contributed by atoms with Gasteiger partial charge in [0.25, 0.3) is 5.69 Å². The van der Waals surface area contributed by atoms with Crippen molar-refractivity contribution < 1.29 is 14.1 Å². The molecule has 0 atom stereocenters. The van der Waals surface area contributed by atoms with Crippen molar-refractivity contribution in [2.24, 2.45) is 4.99 Å². The van der Waals surface area contributed by atoms with Gasteiger partial charge in [0.1, 0.15) is 12.4 Å². The molecule has 8 heteroatoms. The van der Waals surface area contributed by atoms with E-state index in [2.05, 4.69) is 4.99 Å². The summed E-state index contributed by atoms with van der Waals surface area (Å²) in [5, 5.41) is 11.2. The van der Waals surface area contributed by atoms with Crippen LogP contribution in [0.2, 0.25) is 5.02 Å². The molecule has 2 aromatic rings. The van der Waals surface area contributed by atoms with Gasteiger partial charge in [-0.3, -0.25) is 19.9 Å². The van der Waals surface area contributed by atoms with Gasteiger partial charge in [-0.1, -0.05) is 11.6 Å². The van der Waals surface area contributed by atoms with Crippen LogP contribution in [0.15, 0.2) is 41.4 Å². The molecule has 0 unspecified atom stereocenters. The maximum Gasteiger partial charge on any atom is 0.272 e. The van der Waals surface area contributed by atoms with Gasteiger partial charge in [-0.05, 0) is 24.3 Å². The van der Waals surface area contributed by atoms with Crippen LogP contribution < -0.4 is 4.90 Å². The van der Waals surface area contributed by atoms with Crippen LogP contribution in [0, 0.1) is 15.9 Å². The number of fused-ring (bicyclic) bond motifs is 1. The average Bonchev–Trinajstić information content (AvgIpc) is 2.65. The number of aliphatic imine (C=N–C) groups is 1. The molecule has 0 bridgehead atoms. The molecule has 0 aliphatic carbocycles. The normalized spacial score (nSPS) is 14.0.